The van der Waals surface area contributed by atoms with E-state index in [1.807, 2.05) is 26.8 Å². The lowest BCUT2D eigenvalue weighted by molar-refractivity contribution is 0.239. The maximum atomic E-state index is 6.06. The summed E-state index contributed by atoms with van der Waals surface area (Å²) in [4.78, 5) is 4.21. The predicted octanol–water partition coefficient (Wildman–Crippen LogP) is 4.32. The fourth-order valence-corrected chi connectivity index (χ4v) is 1.78. The largest absolute Gasteiger partial charge is 0.531 e. The molecule has 0 heterocycles. The Kier molecular flexibility index (Phi) is 5.95. The lowest BCUT2D eigenvalue weighted by atomic mass is 10.2. The highest BCUT2D eigenvalue weighted by molar-refractivity contribution is 6.74. The summed E-state index contributed by atoms with van der Waals surface area (Å²) in [6, 6.07) is 0. The maximum Gasteiger partial charge on any atom is 0.252 e. The van der Waals surface area contributed by atoms with Crippen molar-refractivity contribution in [1.82, 2.24) is 0 Å². The monoisotopic (exact) mass is 257 g/mol. The summed E-state index contributed by atoms with van der Waals surface area (Å²) in [5.74, 6) is 0.650. The Balaban J connectivity index is 4.58. The topological polar surface area (TPSA) is 30.8 Å². The summed E-state index contributed by atoms with van der Waals surface area (Å²) in [6.07, 6.45) is 3.48. The normalized spacial score (nSPS) is 14.5. The van der Waals surface area contributed by atoms with Gasteiger partial charge in [0.1, 0.15) is 0 Å². The summed E-state index contributed by atoms with van der Waals surface area (Å²) < 4.78 is 11.3. The van der Waals surface area contributed by atoms with E-state index in [2.05, 4.69) is 38.9 Å². The molecule has 100 valence electrons. The van der Waals surface area contributed by atoms with E-state index in [4.69, 9.17) is 9.16 Å². The molecule has 0 rings (SSSR count). The van der Waals surface area contributed by atoms with Gasteiger partial charge in [-0.05, 0) is 45.0 Å². The first-order valence-corrected chi connectivity index (χ1v) is 9.04. The first kappa shape index (κ1) is 16.2. The maximum absolute atomic E-state index is 6.06. The van der Waals surface area contributed by atoms with Crippen molar-refractivity contribution in [3.63, 3.8) is 0 Å². The molecule has 17 heavy (non-hydrogen) atoms. The van der Waals surface area contributed by atoms with Crippen molar-refractivity contribution < 1.29 is 9.16 Å². The average Bonchev–Trinajstić information content (AvgIpc) is 2.13. The Morgan fingerprint density at radius 3 is 2.12 bits per heavy atom. The molecular formula is C13H27NO2Si. The Morgan fingerprint density at radius 1 is 1.24 bits per heavy atom. The molecule has 0 aliphatic carbocycles. The Labute approximate surface area is 107 Å². The molecular weight excluding hydrogens is 230 g/mol. The van der Waals surface area contributed by atoms with Crippen molar-refractivity contribution >= 4 is 14.7 Å². The van der Waals surface area contributed by atoms with Crippen molar-refractivity contribution in [3.8, 4) is 0 Å². The third kappa shape index (κ3) is 5.91. The lowest BCUT2D eigenvalue weighted by Crippen LogP contribution is -2.40. The highest BCUT2D eigenvalue weighted by Gasteiger charge is 2.39. The predicted molar refractivity (Wildman–Crippen MR) is 76.8 cm³/mol. The second kappa shape index (κ2) is 6.24. The molecule has 0 amide bonds. The van der Waals surface area contributed by atoms with Crippen LogP contribution >= 0.6 is 0 Å². The molecule has 0 spiro atoms. The Morgan fingerprint density at radius 2 is 1.76 bits per heavy atom. The molecule has 0 unspecified atom stereocenters. The summed E-state index contributed by atoms with van der Waals surface area (Å²) in [5.41, 5.74) is 0. The molecule has 0 aromatic carbocycles. The van der Waals surface area contributed by atoms with Gasteiger partial charge >= 0.3 is 0 Å². The molecule has 4 heteroatoms. The smallest absolute Gasteiger partial charge is 0.252 e. The lowest BCUT2D eigenvalue weighted by Gasteiger charge is -2.36. The zero-order valence-corrected chi connectivity index (χ0v) is 13.5. The Hall–Kier alpha value is -0.773. The molecule has 0 radical (unpaired) electrons. The van der Waals surface area contributed by atoms with Crippen LogP contribution in [0.3, 0.4) is 0 Å². The van der Waals surface area contributed by atoms with Gasteiger partial charge in [0.25, 0.3) is 8.32 Å². The second-order valence-corrected chi connectivity index (χ2v) is 10.6. The average molecular weight is 257 g/mol. The number of hydrogen-bond donors (Lipinski definition) is 0. The minimum absolute atomic E-state index is 0.143. The molecule has 3 nitrogen and oxygen atoms in total. The quantitative estimate of drug-likeness (QED) is 0.318. The fourth-order valence-electron chi connectivity index (χ4n) is 0.778. The van der Waals surface area contributed by atoms with Gasteiger partial charge in [-0.2, -0.15) is 4.99 Å². The molecule has 0 fully saturated rings. The summed E-state index contributed by atoms with van der Waals surface area (Å²) in [5, 5.41) is 0.176. The molecule has 0 bridgehead atoms. The highest BCUT2D eigenvalue weighted by Crippen LogP contribution is 2.37. The Bertz CT molecular complexity index is 288. The minimum atomic E-state index is -1.80. The van der Waals surface area contributed by atoms with Gasteiger partial charge in [-0.25, -0.2) is 0 Å². The zero-order valence-electron chi connectivity index (χ0n) is 12.5. The van der Waals surface area contributed by atoms with Crippen LogP contribution in [0.5, 0.6) is 0 Å². The van der Waals surface area contributed by atoms with Crippen molar-refractivity contribution in [1.29, 1.82) is 0 Å². The molecule has 0 aromatic rings. The van der Waals surface area contributed by atoms with E-state index in [1.165, 1.54) is 6.40 Å². The number of rotatable bonds is 5. The van der Waals surface area contributed by atoms with Crippen LogP contribution in [0.1, 0.15) is 41.5 Å². The van der Waals surface area contributed by atoms with Crippen molar-refractivity contribution in [2.75, 3.05) is 0 Å². The highest BCUT2D eigenvalue weighted by atomic mass is 28.4. The van der Waals surface area contributed by atoms with Gasteiger partial charge in [0.15, 0.2) is 12.3 Å². The number of ether oxygens (including phenoxy) is 1. The van der Waals surface area contributed by atoms with Gasteiger partial charge in [0, 0.05) is 0 Å². The van der Waals surface area contributed by atoms with E-state index in [0.717, 1.165) is 0 Å². The van der Waals surface area contributed by atoms with Gasteiger partial charge in [-0.15, -0.1) is 0 Å². The molecule has 0 N–H and O–H groups in total. The van der Waals surface area contributed by atoms with E-state index in [0.29, 0.717) is 5.88 Å². The summed E-state index contributed by atoms with van der Waals surface area (Å²) in [6.45, 7) is 16.9. The van der Waals surface area contributed by atoms with Gasteiger partial charge in [-0.1, -0.05) is 20.8 Å². The molecule has 0 saturated heterocycles. The number of allylic oxidation sites excluding steroid dienone is 1. The van der Waals surface area contributed by atoms with Crippen LogP contribution in [-0.2, 0) is 9.16 Å². The standard InChI is InChI=1S/C13H27NO2Si/c1-9-12(14-10-15-11(2)3)16-17(7,8)13(4,5)6/h9-11H,1-8H3/b12-9-,14-10+. The first-order chi connectivity index (χ1) is 7.60. The SMILES string of the molecule is C/C=C(/N=C/OC(C)C)O[Si](C)(C)C(C)(C)C. The first-order valence-electron chi connectivity index (χ1n) is 6.13. The molecule has 0 saturated carbocycles. The van der Waals surface area contributed by atoms with Crippen LogP contribution in [0.4, 0.5) is 0 Å². The third-order valence-electron chi connectivity index (χ3n) is 2.93. The van der Waals surface area contributed by atoms with Crippen LogP contribution in [-0.4, -0.2) is 20.8 Å². The van der Waals surface area contributed by atoms with Crippen LogP contribution in [0.2, 0.25) is 18.1 Å². The van der Waals surface area contributed by atoms with E-state index in [9.17, 15) is 0 Å². The van der Waals surface area contributed by atoms with Crippen LogP contribution in [0.15, 0.2) is 17.0 Å². The van der Waals surface area contributed by atoms with Crippen LogP contribution in [0.25, 0.3) is 0 Å². The third-order valence-corrected chi connectivity index (χ3v) is 7.26. The van der Waals surface area contributed by atoms with Crippen LogP contribution < -0.4 is 0 Å². The van der Waals surface area contributed by atoms with Crippen molar-refractivity contribution in [2.45, 2.75) is 65.8 Å². The minimum Gasteiger partial charge on any atom is -0.531 e. The van der Waals surface area contributed by atoms with Gasteiger partial charge in [0.2, 0.25) is 0 Å². The molecule has 0 atom stereocenters. The van der Waals surface area contributed by atoms with Crippen molar-refractivity contribution in [3.05, 3.63) is 12.0 Å². The van der Waals surface area contributed by atoms with Gasteiger partial charge in [-0.3, -0.25) is 0 Å². The number of hydrogen-bond acceptors (Lipinski definition) is 3. The van der Waals surface area contributed by atoms with Gasteiger partial charge < -0.3 is 9.16 Å². The van der Waals surface area contributed by atoms with Gasteiger partial charge in [0.05, 0.1) is 6.10 Å². The van der Waals surface area contributed by atoms with E-state index in [-0.39, 0.29) is 11.1 Å². The van der Waals surface area contributed by atoms with E-state index in [1.54, 1.807) is 0 Å². The van der Waals surface area contributed by atoms with E-state index >= 15 is 0 Å². The fraction of sp³-hybridized carbons (Fsp3) is 0.769. The molecule has 0 aliphatic heterocycles. The van der Waals surface area contributed by atoms with Crippen LogP contribution in [0, 0.1) is 0 Å². The zero-order chi connectivity index (χ0) is 13.7. The molecule has 0 aliphatic rings. The number of nitrogens with zero attached hydrogens (tertiary/aromatic N) is 1. The van der Waals surface area contributed by atoms with E-state index < -0.39 is 8.32 Å². The van der Waals surface area contributed by atoms with Crippen molar-refractivity contribution in [2.24, 2.45) is 4.99 Å². The second-order valence-electron chi connectivity index (χ2n) is 5.91. The summed E-state index contributed by atoms with van der Waals surface area (Å²) in [7, 11) is -1.80. The molecule has 0 aromatic heterocycles. The summed E-state index contributed by atoms with van der Waals surface area (Å²) >= 11 is 0. The number of aliphatic imine (C=N–C) groups is 1.